The fraction of sp³-hybridized carbons (Fsp3) is 0.714. The fourth-order valence-electron chi connectivity index (χ4n) is 3.21. The first-order chi connectivity index (χ1) is 6.30. The van der Waals surface area contributed by atoms with Gasteiger partial charge in [-0.1, -0.05) is 47.6 Å². The van der Waals surface area contributed by atoms with Crippen LogP contribution in [0.15, 0.2) is 22.8 Å². The number of hydrogen-bond acceptors (Lipinski definition) is 0. The number of allylic oxidation sites excluding steroid dienone is 4. The van der Waals surface area contributed by atoms with Crippen molar-refractivity contribution in [1.29, 1.82) is 0 Å². The normalized spacial score (nSPS) is 29.0. The second kappa shape index (κ2) is 2.53. The SMILES string of the molecule is CCC1C=C2C(C(C)(C)C)=C1C2(C)C. The van der Waals surface area contributed by atoms with E-state index in [0.717, 1.165) is 5.92 Å². The van der Waals surface area contributed by atoms with Crippen molar-refractivity contribution in [2.24, 2.45) is 16.7 Å². The Morgan fingerprint density at radius 3 is 2.14 bits per heavy atom. The van der Waals surface area contributed by atoms with Crippen LogP contribution in [0.1, 0.15) is 48.0 Å². The largest absolute Gasteiger partial charge is 0.0729 e. The molecule has 0 heteroatoms. The molecule has 78 valence electrons. The first-order valence-electron chi connectivity index (χ1n) is 5.78. The second-order valence-electron chi connectivity index (χ2n) is 6.26. The molecular formula is C14H22. The average Bonchev–Trinajstić information content (AvgIpc) is 2.53. The van der Waals surface area contributed by atoms with E-state index in [0.29, 0.717) is 10.8 Å². The molecule has 0 aromatic rings. The lowest BCUT2D eigenvalue weighted by Gasteiger charge is -2.45. The Labute approximate surface area is 88.1 Å². The minimum absolute atomic E-state index is 0.348. The lowest BCUT2D eigenvalue weighted by Crippen LogP contribution is -2.34. The summed E-state index contributed by atoms with van der Waals surface area (Å²) in [6.45, 7) is 14.1. The maximum atomic E-state index is 2.51. The molecule has 1 unspecified atom stereocenters. The van der Waals surface area contributed by atoms with Crippen LogP contribution >= 0.6 is 0 Å². The first kappa shape index (κ1) is 10.0. The minimum atomic E-state index is 0.348. The third kappa shape index (κ3) is 1.00. The Morgan fingerprint density at radius 1 is 1.29 bits per heavy atom. The molecule has 14 heavy (non-hydrogen) atoms. The lowest BCUT2D eigenvalue weighted by atomic mass is 9.58. The Kier molecular flexibility index (Phi) is 1.81. The smallest absolute Gasteiger partial charge is 0.0117 e. The summed E-state index contributed by atoms with van der Waals surface area (Å²) in [6, 6.07) is 0. The number of hydrogen-bond donors (Lipinski definition) is 0. The van der Waals surface area contributed by atoms with Gasteiger partial charge in [-0.15, -0.1) is 0 Å². The molecule has 0 heterocycles. The van der Waals surface area contributed by atoms with Crippen LogP contribution in [0.5, 0.6) is 0 Å². The van der Waals surface area contributed by atoms with E-state index in [9.17, 15) is 0 Å². The van der Waals surface area contributed by atoms with Crippen molar-refractivity contribution in [3.8, 4) is 0 Å². The molecule has 0 fully saturated rings. The summed E-state index contributed by atoms with van der Waals surface area (Å²) in [7, 11) is 0. The summed E-state index contributed by atoms with van der Waals surface area (Å²) in [6.07, 6.45) is 3.78. The average molecular weight is 190 g/mol. The van der Waals surface area contributed by atoms with E-state index in [-0.39, 0.29) is 0 Å². The zero-order chi connectivity index (χ0) is 10.7. The maximum absolute atomic E-state index is 2.51. The van der Waals surface area contributed by atoms with Crippen LogP contribution in [0.25, 0.3) is 0 Å². The van der Waals surface area contributed by atoms with Crippen LogP contribution in [0.3, 0.4) is 0 Å². The molecule has 0 spiro atoms. The predicted molar refractivity (Wildman–Crippen MR) is 62.1 cm³/mol. The van der Waals surface area contributed by atoms with Crippen LogP contribution in [0, 0.1) is 16.7 Å². The standard InChI is InChI=1S/C14H22/c1-7-9-8-10-12(13(2,3)4)11(9)14(10,5)6/h8-9H,7H2,1-6H3. The molecule has 3 aliphatic carbocycles. The van der Waals surface area contributed by atoms with Crippen molar-refractivity contribution >= 4 is 0 Å². The molecular weight excluding hydrogens is 168 g/mol. The van der Waals surface area contributed by atoms with Gasteiger partial charge in [0.25, 0.3) is 0 Å². The summed E-state index contributed by atoms with van der Waals surface area (Å²) in [4.78, 5) is 0. The molecule has 3 rings (SSSR count). The predicted octanol–water partition coefficient (Wildman–Crippen LogP) is 4.34. The van der Waals surface area contributed by atoms with Crippen molar-refractivity contribution in [2.75, 3.05) is 0 Å². The van der Waals surface area contributed by atoms with Crippen molar-refractivity contribution in [2.45, 2.75) is 48.0 Å². The van der Waals surface area contributed by atoms with E-state index < -0.39 is 0 Å². The van der Waals surface area contributed by atoms with Gasteiger partial charge in [0.2, 0.25) is 0 Å². The zero-order valence-electron chi connectivity index (χ0n) is 10.4. The Balaban J connectivity index is 2.48. The van der Waals surface area contributed by atoms with Crippen LogP contribution in [-0.2, 0) is 0 Å². The first-order valence-corrected chi connectivity index (χ1v) is 5.78. The Hall–Kier alpha value is -0.520. The summed E-state index contributed by atoms with van der Waals surface area (Å²) < 4.78 is 0. The molecule has 0 N–H and O–H groups in total. The summed E-state index contributed by atoms with van der Waals surface area (Å²) in [5.41, 5.74) is 5.76. The Morgan fingerprint density at radius 2 is 1.86 bits per heavy atom. The van der Waals surface area contributed by atoms with Crippen molar-refractivity contribution in [3.63, 3.8) is 0 Å². The number of rotatable bonds is 1. The van der Waals surface area contributed by atoms with E-state index >= 15 is 0 Å². The third-order valence-corrected chi connectivity index (χ3v) is 3.81. The Bertz CT molecular complexity index is 332. The van der Waals surface area contributed by atoms with E-state index in [1.165, 1.54) is 6.42 Å². The number of fused-ring (bicyclic) bond motifs is 1. The highest BCUT2D eigenvalue weighted by atomic mass is 14.6. The maximum Gasteiger partial charge on any atom is 0.0117 e. The highest BCUT2D eigenvalue weighted by Gasteiger charge is 2.52. The fourth-order valence-corrected chi connectivity index (χ4v) is 3.21. The monoisotopic (exact) mass is 190 g/mol. The summed E-state index contributed by atoms with van der Waals surface area (Å²) in [5.74, 6) is 0.745. The van der Waals surface area contributed by atoms with Crippen molar-refractivity contribution in [1.82, 2.24) is 0 Å². The molecule has 0 radical (unpaired) electrons. The van der Waals surface area contributed by atoms with Crippen LogP contribution in [-0.4, -0.2) is 0 Å². The topological polar surface area (TPSA) is 0 Å². The van der Waals surface area contributed by atoms with E-state index in [1.54, 1.807) is 16.7 Å². The van der Waals surface area contributed by atoms with Crippen molar-refractivity contribution < 1.29 is 0 Å². The zero-order valence-corrected chi connectivity index (χ0v) is 10.4. The molecule has 1 atom stereocenters. The molecule has 2 bridgehead atoms. The summed E-state index contributed by atoms with van der Waals surface area (Å²) >= 11 is 0. The molecule has 3 aliphatic rings. The highest BCUT2D eigenvalue weighted by molar-refractivity contribution is 5.65. The molecule has 0 amide bonds. The van der Waals surface area contributed by atoms with E-state index in [4.69, 9.17) is 0 Å². The molecule has 0 aromatic carbocycles. The van der Waals surface area contributed by atoms with Gasteiger partial charge in [-0.25, -0.2) is 0 Å². The third-order valence-electron chi connectivity index (χ3n) is 3.81. The molecule has 0 saturated carbocycles. The second-order valence-corrected chi connectivity index (χ2v) is 6.26. The molecule has 0 aromatic heterocycles. The molecule has 0 aliphatic heterocycles. The van der Waals surface area contributed by atoms with Crippen LogP contribution in [0.4, 0.5) is 0 Å². The molecule has 0 nitrogen and oxygen atoms in total. The quantitative estimate of drug-likeness (QED) is 0.577. The molecule has 0 saturated heterocycles. The highest BCUT2D eigenvalue weighted by Crippen LogP contribution is 2.64. The lowest BCUT2D eigenvalue weighted by molar-refractivity contribution is 0.388. The van der Waals surface area contributed by atoms with E-state index in [1.807, 2.05) is 0 Å². The van der Waals surface area contributed by atoms with Gasteiger partial charge in [-0.3, -0.25) is 0 Å². The minimum Gasteiger partial charge on any atom is -0.0729 e. The van der Waals surface area contributed by atoms with Gasteiger partial charge in [0.1, 0.15) is 0 Å². The van der Waals surface area contributed by atoms with Gasteiger partial charge >= 0.3 is 0 Å². The van der Waals surface area contributed by atoms with Crippen molar-refractivity contribution in [3.05, 3.63) is 22.8 Å². The van der Waals surface area contributed by atoms with Crippen LogP contribution in [0.2, 0.25) is 0 Å². The van der Waals surface area contributed by atoms with Gasteiger partial charge in [-0.05, 0) is 34.5 Å². The van der Waals surface area contributed by atoms with Gasteiger partial charge < -0.3 is 0 Å². The summed E-state index contributed by atoms with van der Waals surface area (Å²) in [5, 5.41) is 0. The van der Waals surface area contributed by atoms with E-state index in [2.05, 4.69) is 47.6 Å². The van der Waals surface area contributed by atoms with Gasteiger partial charge in [-0.2, -0.15) is 0 Å². The van der Waals surface area contributed by atoms with Gasteiger partial charge in [0.05, 0.1) is 0 Å². The van der Waals surface area contributed by atoms with Gasteiger partial charge in [0.15, 0.2) is 0 Å². The van der Waals surface area contributed by atoms with Gasteiger partial charge in [0, 0.05) is 5.41 Å². The van der Waals surface area contributed by atoms with Crippen LogP contribution < -0.4 is 0 Å².